The van der Waals surface area contributed by atoms with Gasteiger partial charge in [-0.25, -0.2) is 0 Å². The number of carbonyl (C=O) groups excluding carboxylic acids is 1. The minimum Gasteiger partial charge on any atom is -0.369 e. The zero-order chi connectivity index (χ0) is 20.1. The molecule has 3 heterocycles. The summed E-state index contributed by atoms with van der Waals surface area (Å²) in [5, 5.41) is 3.41. The van der Waals surface area contributed by atoms with Gasteiger partial charge >= 0.3 is 0 Å². The summed E-state index contributed by atoms with van der Waals surface area (Å²) in [5.41, 5.74) is 3.72. The summed E-state index contributed by atoms with van der Waals surface area (Å²) >= 11 is 0. The first-order valence-corrected chi connectivity index (χ1v) is 10.6. The van der Waals surface area contributed by atoms with E-state index >= 15 is 0 Å². The molecule has 1 N–H and O–H groups in total. The number of aromatic nitrogens is 1. The van der Waals surface area contributed by atoms with Gasteiger partial charge in [0.05, 0.1) is 6.04 Å². The van der Waals surface area contributed by atoms with Crippen molar-refractivity contribution in [2.45, 2.75) is 19.4 Å². The van der Waals surface area contributed by atoms with Crippen LogP contribution in [0.2, 0.25) is 0 Å². The van der Waals surface area contributed by atoms with Crippen molar-refractivity contribution in [1.82, 2.24) is 20.1 Å². The van der Waals surface area contributed by atoms with Crippen LogP contribution in [-0.2, 0) is 4.79 Å². The first kappa shape index (κ1) is 19.9. The topological polar surface area (TPSA) is 51.7 Å². The minimum atomic E-state index is 0.0862. The lowest BCUT2D eigenvalue weighted by Gasteiger charge is -2.38. The van der Waals surface area contributed by atoms with E-state index in [9.17, 15) is 4.79 Å². The van der Waals surface area contributed by atoms with Crippen LogP contribution < -0.4 is 10.2 Å². The molecule has 2 saturated heterocycles. The summed E-state index contributed by atoms with van der Waals surface area (Å²) < 4.78 is 0. The Bertz CT molecular complexity index is 804. The Hall–Kier alpha value is -2.44. The van der Waals surface area contributed by atoms with Gasteiger partial charge in [-0.3, -0.25) is 14.7 Å². The van der Waals surface area contributed by atoms with E-state index in [1.807, 2.05) is 17.2 Å². The van der Waals surface area contributed by atoms with Crippen molar-refractivity contribution in [3.05, 3.63) is 59.9 Å². The van der Waals surface area contributed by atoms with Crippen molar-refractivity contribution in [3.8, 4) is 0 Å². The van der Waals surface area contributed by atoms with Crippen LogP contribution in [0.3, 0.4) is 0 Å². The molecule has 2 fully saturated rings. The number of hydrogen-bond donors (Lipinski definition) is 1. The third-order valence-corrected chi connectivity index (χ3v) is 6.01. The second-order valence-corrected chi connectivity index (χ2v) is 8.01. The number of nitrogens with one attached hydrogen (secondary N) is 1. The molecular weight excluding hydrogens is 362 g/mol. The Balaban J connectivity index is 1.28. The molecule has 0 bridgehead atoms. The van der Waals surface area contributed by atoms with E-state index in [0.29, 0.717) is 6.42 Å². The number of aryl methyl sites for hydroxylation is 1. The molecule has 0 spiro atoms. The lowest BCUT2D eigenvalue weighted by atomic mass is 10.0. The molecule has 6 nitrogen and oxygen atoms in total. The number of nitrogens with zero attached hydrogens (tertiary/aromatic N) is 4. The third-order valence-electron chi connectivity index (χ3n) is 6.01. The largest absolute Gasteiger partial charge is 0.369 e. The number of anilines is 1. The molecular formula is C23H31N5O. The molecule has 1 aromatic carbocycles. The normalized spacial score (nSPS) is 20.7. The van der Waals surface area contributed by atoms with E-state index in [2.05, 4.69) is 57.4 Å². The number of amides is 1. The highest BCUT2D eigenvalue weighted by Crippen LogP contribution is 2.22. The minimum absolute atomic E-state index is 0.0862. The Morgan fingerprint density at radius 3 is 2.76 bits per heavy atom. The Morgan fingerprint density at radius 2 is 2.00 bits per heavy atom. The van der Waals surface area contributed by atoms with Gasteiger partial charge in [-0.2, -0.15) is 0 Å². The first-order chi connectivity index (χ1) is 14.2. The number of hydrogen-bond acceptors (Lipinski definition) is 5. The zero-order valence-corrected chi connectivity index (χ0v) is 17.3. The fourth-order valence-electron chi connectivity index (χ4n) is 4.33. The SMILES string of the molecule is Cc1cccc(N2CCN(CCC(=O)N3CCNCC3c3cccnc3)CC2)c1. The zero-order valence-electron chi connectivity index (χ0n) is 17.3. The summed E-state index contributed by atoms with van der Waals surface area (Å²) in [6, 6.07) is 12.8. The van der Waals surface area contributed by atoms with Crippen LogP contribution in [-0.4, -0.2) is 73.0 Å². The first-order valence-electron chi connectivity index (χ1n) is 10.6. The monoisotopic (exact) mass is 393 g/mol. The van der Waals surface area contributed by atoms with Crippen molar-refractivity contribution in [2.75, 3.05) is 57.3 Å². The Morgan fingerprint density at radius 1 is 1.14 bits per heavy atom. The fraction of sp³-hybridized carbons (Fsp3) is 0.478. The maximum Gasteiger partial charge on any atom is 0.224 e. The summed E-state index contributed by atoms with van der Waals surface area (Å²) in [6.45, 7) is 9.45. The summed E-state index contributed by atoms with van der Waals surface area (Å²) in [4.78, 5) is 24.1. The molecule has 2 aliphatic rings. The van der Waals surface area contributed by atoms with E-state index in [0.717, 1.165) is 57.9 Å². The van der Waals surface area contributed by atoms with E-state index in [-0.39, 0.29) is 11.9 Å². The predicted octanol–water partition coefficient (Wildman–Crippen LogP) is 2.08. The van der Waals surface area contributed by atoms with Gasteiger partial charge in [-0.1, -0.05) is 18.2 Å². The number of carbonyl (C=O) groups is 1. The van der Waals surface area contributed by atoms with Crippen molar-refractivity contribution in [2.24, 2.45) is 0 Å². The summed E-state index contributed by atoms with van der Waals surface area (Å²) in [7, 11) is 0. The molecule has 1 aromatic heterocycles. The van der Waals surface area contributed by atoms with Crippen molar-refractivity contribution >= 4 is 11.6 Å². The van der Waals surface area contributed by atoms with Gasteiger partial charge in [0.1, 0.15) is 0 Å². The van der Waals surface area contributed by atoms with Gasteiger partial charge in [-0.05, 0) is 36.2 Å². The number of rotatable bonds is 5. The van der Waals surface area contributed by atoms with Gasteiger partial charge in [0, 0.05) is 76.9 Å². The molecule has 1 atom stereocenters. The van der Waals surface area contributed by atoms with Gasteiger partial charge < -0.3 is 15.1 Å². The highest BCUT2D eigenvalue weighted by Gasteiger charge is 2.28. The van der Waals surface area contributed by atoms with Crippen LogP contribution in [0.25, 0.3) is 0 Å². The molecule has 0 aliphatic carbocycles. The average molecular weight is 394 g/mol. The van der Waals surface area contributed by atoms with Gasteiger partial charge in [-0.15, -0.1) is 0 Å². The molecule has 1 unspecified atom stereocenters. The van der Waals surface area contributed by atoms with Gasteiger partial charge in [0.25, 0.3) is 0 Å². The highest BCUT2D eigenvalue weighted by molar-refractivity contribution is 5.77. The molecule has 154 valence electrons. The van der Waals surface area contributed by atoms with Crippen LogP contribution in [0.15, 0.2) is 48.8 Å². The Labute approximate surface area is 173 Å². The molecule has 4 rings (SSSR count). The molecule has 2 aliphatic heterocycles. The van der Waals surface area contributed by atoms with Gasteiger partial charge in [0.15, 0.2) is 0 Å². The van der Waals surface area contributed by atoms with Crippen molar-refractivity contribution < 1.29 is 4.79 Å². The molecule has 0 radical (unpaired) electrons. The van der Waals surface area contributed by atoms with E-state index in [4.69, 9.17) is 0 Å². The predicted molar refractivity (Wildman–Crippen MR) is 116 cm³/mol. The number of piperazine rings is 2. The quantitative estimate of drug-likeness (QED) is 0.843. The number of pyridine rings is 1. The Kier molecular flexibility index (Phi) is 6.42. The van der Waals surface area contributed by atoms with Crippen LogP contribution in [0, 0.1) is 6.92 Å². The lowest BCUT2D eigenvalue weighted by molar-refractivity contribution is -0.135. The lowest BCUT2D eigenvalue weighted by Crippen LogP contribution is -2.50. The molecule has 6 heteroatoms. The molecule has 0 saturated carbocycles. The molecule has 29 heavy (non-hydrogen) atoms. The molecule has 1 amide bonds. The van der Waals surface area contributed by atoms with Crippen LogP contribution in [0.1, 0.15) is 23.6 Å². The standard InChI is InChI=1S/C23H31N5O/c1-19-4-2-6-21(16-19)27-14-12-26(13-15-27)10-7-23(29)28-11-9-25-18-22(28)20-5-3-8-24-17-20/h2-6,8,16-17,22,25H,7,9-15,18H2,1H3. The fourth-order valence-corrected chi connectivity index (χ4v) is 4.33. The van der Waals surface area contributed by atoms with E-state index in [1.165, 1.54) is 11.3 Å². The second-order valence-electron chi connectivity index (χ2n) is 8.01. The third kappa shape index (κ3) is 4.95. The number of benzene rings is 1. The van der Waals surface area contributed by atoms with Crippen LogP contribution in [0.5, 0.6) is 0 Å². The van der Waals surface area contributed by atoms with Crippen LogP contribution in [0.4, 0.5) is 5.69 Å². The smallest absolute Gasteiger partial charge is 0.224 e. The maximum atomic E-state index is 13.0. The summed E-state index contributed by atoms with van der Waals surface area (Å²) in [5.74, 6) is 0.251. The van der Waals surface area contributed by atoms with Gasteiger partial charge in [0.2, 0.25) is 5.91 Å². The average Bonchev–Trinajstić information content (AvgIpc) is 2.78. The highest BCUT2D eigenvalue weighted by atomic mass is 16.2. The summed E-state index contributed by atoms with van der Waals surface area (Å²) in [6.07, 6.45) is 4.24. The van der Waals surface area contributed by atoms with Crippen LogP contribution >= 0.6 is 0 Å². The van der Waals surface area contributed by atoms with Crippen molar-refractivity contribution in [3.63, 3.8) is 0 Å². The van der Waals surface area contributed by atoms with E-state index in [1.54, 1.807) is 6.20 Å². The maximum absolute atomic E-state index is 13.0. The van der Waals surface area contributed by atoms with E-state index < -0.39 is 0 Å². The van der Waals surface area contributed by atoms with Crippen molar-refractivity contribution in [1.29, 1.82) is 0 Å². The molecule has 2 aromatic rings. The second kappa shape index (κ2) is 9.37.